The minimum atomic E-state index is -1.87. The minimum Gasteiger partial charge on any atom is -0.303 e. The molecule has 18 heavy (non-hydrogen) atoms. The van der Waals surface area contributed by atoms with Gasteiger partial charge in [0.2, 0.25) is 0 Å². The molecule has 1 N–H and O–H groups in total. The van der Waals surface area contributed by atoms with E-state index in [1.54, 1.807) is 6.08 Å². The highest BCUT2D eigenvalue weighted by molar-refractivity contribution is 7.82. The van der Waals surface area contributed by atoms with Crippen LogP contribution in [0.2, 0.25) is 0 Å². The van der Waals surface area contributed by atoms with Gasteiger partial charge in [-0.05, 0) is 55.0 Å². The standard InChI is InChI=1S/C15H22O2S/c1-4-5-6-7-14-10-12(2)15(13(3)11-14)8-9-18(16)17/h8-11H,4-7H2,1-3H3,(H,16,17)/b9-8+. The summed E-state index contributed by atoms with van der Waals surface area (Å²) >= 11 is -1.87. The molecule has 0 aliphatic rings. The van der Waals surface area contributed by atoms with E-state index in [-0.39, 0.29) is 0 Å². The average molecular weight is 266 g/mol. The molecule has 0 saturated carbocycles. The van der Waals surface area contributed by atoms with Crippen molar-refractivity contribution in [2.75, 3.05) is 0 Å². The van der Waals surface area contributed by atoms with E-state index in [1.807, 2.05) is 0 Å². The van der Waals surface area contributed by atoms with Gasteiger partial charge in [0.1, 0.15) is 0 Å². The molecule has 0 radical (unpaired) electrons. The maximum absolute atomic E-state index is 10.7. The Morgan fingerprint density at radius 2 is 1.83 bits per heavy atom. The van der Waals surface area contributed by atoms with Crippen LogP contribution in [0.5, 0.6) is 0 Å². The number of aryl methyl sites for hydroxylation is 3. The molecular weight excluding hydrogens is 244 g/mol. The van der Waals surface area contributed by atoms with Gasteiger partial charge in [-0.25, -0.2) is 4.21 Å². The molecular formula is C15H22O2S. The first-order chi connectivity index (χ1) is 8.54. The first kappa shape index (κ1) is 15.1. The fraction of sp³-hybridized carbons (Fsp3) is 0.467. The molecule has 2 nitrogen and oxygen atoms in total. The van der Waals surface area contributed by atoms with Crippen LogP contribution in [0.25, 0.3) is 6.08 Å². The van der Waals surface area contributed by atoms with E-state index in [2.05, 4.69) is 32.9 Å². The highest BCUT2D eigenvalue weighted by atomic mass is 32.2. The summed E-state index contributed by atoms with van der Waals surface area (Å²) in [6.07, 6.45) is 6.58. The van der Waals surface area contributed by atoms with Crippen LogP contribution in [0.1, 0.15) is 48.4 Å². The largest absolute Gasteiger partial charge is 0.303 e. The summed E-state index contributed by atoms with van der Waals surface area (Å²) in [6, 6.07) is 4.37. The highest BCUT2D eigenvalue weighted by Crippen LogP contribution is 2.20. The first-order valence-corrected chi connectivity index (χ1v) is 7.59. The van der Waals surface area contributed by atoms with Crippen LogP contribution in [-0.2, 0) is 17.5 Å². The zero-order valence-electron chi connectivity index (χ0n) is 11.4. The Morgan fingerprint density at radius 3 is 2.33 bits per heavy atom. The maximum Gasteiger partial charge on any atom is 0.178 e. The maximum atomic E-state index is 10.7. The molecule has 0 aliphatic heterocycles. The van der Waals surface area contributed by atoms with Crippen LogP contribution in [0.3, 0.4) is 0 Å². The number of benzene rings is 1. The molecule has 100 valence electrons. The van der Waals surface area contributed by atoms with Crippen molar-refractivity contribution in [1.82, 2.24) is 0 Å². The van der Waals surface area contributed by atoms with Gasteiger partial charge < -0.3 is 4.55 Å². The van der Waals surface area contributed by atoms with Gasteiger partial charge in [-0.15, -0.1) is 0 Å². The number of hydrogen-bond acceptors (Lipinski definition) is 1. The van der Waals surface area contributed by atoms with Gasteiger partial charge in [-0.1, -0.05) is 31.9 Å². The second-order valence-corrected chi connectivity index (χ2v) is 5.50. The monoisotopic (exact) mass is 266 g/mol. The number of rotatable bonds is 6. The van der Waals surface area contributed by atoms with Gasteiger partial charge in [0, 0.05) is 5.41 Å². The van der Waals surface area contributed by atoms with Gasteiger partial charge in [-0.3, -0.25) is 0 Å². The van der Waals surface area contributed by atoms with Crippen LogP contribution >= 0.6 is 0 Å². The van der Waals surface area contributed by atoms with Gasteiger partial charge in [-0.2, -0.15) is 0 Å². The molecule has 1 aromatic rings. The summed E-state index contributed by atoms with van der Waals surface area (Å²) in [5.41, 5.74) is 4.75. The zero-order chi connectivity index (χ0) is 13.5. The molecule has 0 bridgehead atoms. The predicted molar refractivity (Wildman–Crippen MR) is 79.0 cm³/mol. The molecule has 1 aromatic carbocycles. The topological polar surface area (TPSA) is 37.3 Å². The second-order valence-electron chi connectivity index (χ2n) is 4.68. The van der Waals surface area contributed by atoms with E-state index in [1.165, 1.54) is 41.4 Å². The molecule has 0 fully saturated rings. The number of unbranched alkanes of at least 4 members (excludes halogenated alkanes) is 2. The third kappa shape index (κ3) is 4.75. The second kappa shape index (κ2) is 7.49. The average Bonchev–Trinajstić information content (AvgIpc) is 2.28. The van der Waals surface area contributed by atoms with Crippen molar-refractivity contribution in [2.24, 2.45) is 0 Å². The predicted octanol–water partition coefficient (Wildman–Crippen LogP) is 4.23. The van der Waals surface area contributed by atoms with Crippen molar-refractivity contribution in [3.05, 3.63) is 39.8 Å². The van der Waals surface area contributed by atoms with E-state index in [4.69, 9.17) is 4.55 Å². The fourth-order valence-corrected chi connectivity index (χ4v) is 2.43. The van der Waals surface area contributed by atoms with Crippen molar-refractivity contribution >= 4 is 17.2 Å². The SMILES string of the molecule is CCCCCc1cc(C)c(/C=C/S(=O)O)c(C)c1. The molecule has 0 amide bonds. The Balaban J connectivity index is 2.87. The highest BCUT2D eigenvalue weighted by Gasteiger charge is 2.03. The summed E-state index contributed by atoms with van der Waals surface area (Å²) in [5, 5.41) is 1.31. The normalized spacial score (nSPS) is 13.1. The van der Waals surface area contributed by atoms with Crippen LogP contribution in [0.15, 0.2) is 17.5 Å². The van der Waals surface area contributed by atoms with Crippen LogP contribution in [-0.4, -0.2) is 8.76 Å². The van der Waals surface area contributed by atoms with Crippen molar-refractivity contribution in [2.45, 2.75) is 46.5 Å². The lowest BCUT2D eigenvalue weighted by molar-refractivity contribution is 0.574. The van der Waals surface area contributed by atoms with Crippen molar-refractivity contribution < 1.29 is 8.76 Å². The van der Waals surface area contributed by atoms with Gasteiger partial charge in [0.05, 0.1) is 0 Å². The molecule has 0 aromatic heterocycles. The molecule has 1 atom stereocenters. The van der Waals surface area contributed by atoms with E-state index < -0.39 is 11.1 Å². The Labute approximate surface area is 112 Å². The van der Waals surface area contributed by atoms with Gasteiger partial charge in [0.25, 0.3) is 0 Å². The lowest BCUT2D eigenvalue weighted by Crippen LogP contribution is -1.93. The molecule has 0 heterocycles. The van der Waals surface area contributed by atoms with Gasteiger partial charge >= 0.3 is 0 Å². The molecule has 0 aliphatic carbocycles. The van der Waals surface area contributed by atoms with E-state index in [9.17, 15) is 4.21 Å². The Kier molecular flexibility index (Phi) is 6.30. The summed E-state index contributed by atoms with van der Waals surface area (Å²) in [4.78, 5) is 0. The molecule has 1 rings (SSSR count). The molecule has 3 heteroatoms. The van der Waals surface area contributed by atoms with Crippen LogP contribution in [0.4, 0.5) is 0 Å². The van der Waals surface area contributed by atoms with Crippen molar-refractivity contribution in [3.63, 3.8) is 0 Å². The Bertz CT molecular complexity index is 427. The smallest absolute Gasteiger partial charge is 0.178 e. The summed E-state index contributed by atoms with van der Waals surface area (Å²) in [6.45, 7) is 6.31. The molecule has 0 saturated heterocycles. The summed E-state index contributed by atoms with van der Waals surface area (Å²) in [7, 11) is 0. The van der Waals surface area contributed by atoms with Crippen LogP contribution in [0, 0.1) is 13.8 Å². The Hall–Kier alpha value is -0.930. The zero-order valence-corrected chi connectivity index (χ0v) is 12.2. The van der Waals surface area contributed by atoms with E-state index in [0.717, 1.165) is 12.0 Å². The first-order valence-electron chi connectivity index (χ1n) is 6.42. The molecule has 0 spiro atoms. The third-order valence-electron chi connectivity index (χ3n) is 3.07. The minimum absolute atomic E-state index is 1.05. The lowest BCUT2D eigenvalue weighted by atomic mass is 9.97. The van der Waals surface area contributed by atoms with E-state index in [0.29, 0.717) is 0 Å². The lowest BCUT2D eigenvalue weighted by Gasteiger charge is -2.09. The fourth-order valence-electron chi connectivity index (χ4n) is 2.18. The van der Waals surface area contributed by atoms with Crippen LogP contribution < -0.4 is 0 Å². The quantitative estimate of drug-likeness (QED) is 0.618. The summed E-state index contributed by atoms with van der Waals surface area (Å²) < 4.78 is 19.4. The van der Waals surface area contributed by atoms with E-state index >= 15 is 0 Å². The Morgan fingerprint density at radius 1 is 1.22 bits per heavy atom. The third-order valence-corrected chi connectivity index (χ3v) is 3.44. The summed E-state index contributed by atoms with van der Waals surface area (Å²) in [5.74, 6) is 0. The van der Waals surface area contributed by atoms with Crippen molar-refractivity contribution in [1.29, 1.82) is 0 Å². The van der Waals surface area contributed by atoms with Gasteiger partial charge in [0.15, 0.2) is 11.1 Å². The van der Waals surface area contributed by atoms with Crippen molar-refractivity contribution in [3.8, 4) is 0 Å². The number of hydrogen-bond donors (Lipinski definition) is 1. The molecule has 1 unspecified atom stereocenters.